The molecule has 7 nitrogen and oxygen atoms in total. The number of nitrogens with one attached hydrogen (secondary N) is 3. The summed E-state index contributed by atoms with van der Waals surface area (Å²) < 4.78 is 0. The van der Waals surface area contributed by atoms with Crippen LogP contribution in [0.2, 0.25) is 0 Å². The summed E-state index contributed by atoms with van der Waals surface area (Å²) in [6.45, 7) is 1.07. The summed E-state index contributed by atoms with van der Waals surface area (Å²) in [5.74, 6) is -1.70. The van der Waals surface area contributed by atoms with Crippen LogP contribution in [-0.4, -0.2) is 36.1 Å². The Bertz CT molecular complexity index is 476. The molecule has 0 fully saturated rings. The summed E-state index contributed by atoms with van der Waals surface area (Å²) in [7, 11) is 0. The van der Waals surface area contributed by atoms with Gasteiger partial charge in [0.2, 0.25) is 5.91 Å². The molecule has 0 bridgehead atoms. The predicted octanol–water partition coefficient (Wildman–Crippen LogP) is 0.248. The first-order valence-electron chi connectivity index (χ1n) is 6.07. The molecular weight excluding hydrogens is 262 g/mol. The van der Waals surface area contributed by atoms with Crippen LogP contribution in [0.5, 0.6) is 0 Å². The number of hydrogen-bond donors (Lipinski definition) is 4. The Morgan fingerprint density at radius 1 is 1.10 bits per heavy atom. The van der Waals surface area contributed by atoms with E-state index in [4.69, 9.17) is 5.11 Å². The highest BCUT2D eigenvalue weighted by molar-refractivity contribution is 5.86. The Kier molecular flexibility index (Phi) is 6.02. The molecule has 0 saturated heterocycles. The molecule has 3 amide bonds. The quantitative estimate of drug-likeness (QED) is 0.598. The summed E-state index contributed by atoms with van der Waals surface area (Å²) in [6, 6.07) is 8.68. The molecule has 0 spiro atoms. The number of carboxylic acids is 1. The third kappa shape index (κ3) is 5.85. The fourth-order valence-electron chi connectivity index (χ4n) is 1.47. The van der Waals surface area contributed by atoms with Gasteiger partial charge in [0.25, 0.3) is 0 Å². The van der Waals surface area contributed by atoms with Gasteiger partial charge in [0.1, 0.15) is 6.54 Å². The summed E-state index contributed by atoms with van der Waals surface area (Å²) >= 11 is 0. The van der Waals surface area contributed by atoms with Gasteiger partial charge < -0.3 is 21.1 Å². The van der Waals surface area contributed by atoms with Crippen LogP contribution in [0.1, 0.15) is 18.5 Å². The minimum atomic E-state index is -1.14. The smallest absolute Gasteiger partial charge is 0.322 e. The monoisotopic (exact) mass is 279 g/mol. The molecule has 0 saturated carbocycles. The van der Waals surface area contributed by atoms with Gasteiger partial charge >= 0.3 is 12.0 Å². The Balaban J connectivity index is 2.30. The Labute approximate surface area is 116 Å². The van der Waals surface area contributed by atoms with Crippen molar-refractivity contribution in [3.8, 4) is 0 Å². The highest BCUT2D eigenvalue weighted by Gasteiger charge is 2.10. The molecule has 0 aromatic heterocycles. The van der Waals surface area contributed by atoms with Crippen molar-refractivity contribution in [3.63, 3.8) is 0 Å². The number of aliphatic carboxylic acids is 1. The zero-order chi connectivity index (χ0) is 15.0. The van der Waals surface area contributed by atoms with Crippen molar-refractivity contribution in [2.75, 3.05) is 13.1 Å². The van der Waals surface area contributed by atoms with Gasteiger partial charge in [0, 0.05) is 0 Å². The van der Waals surface area contributed by atoms with Gasteiger partial charge in [-0.1, -0.05) is 30.3 Å². The fourth-order valence-corrected chi connectivity index (χ4v) is 1.47. The molecular formula is C13H17N3O4. The molecule has 1 aromatic rings. The predicted molar refractivity (Wildman–Crippen MR) is 72.0 cm³/mol. The lowest BCUT2D eigenvalue weighted by molar-refractivity contribution is -0.137. The first kappa shape index (κ1) is 15.5. The number of rotatable bonds is 6. The number of benzene rings is 1. The van der Waals surface area contributed by atoms with Crippen molar-refractivity contribution in [2.45, 2.75) is 13.0 Å². The number of carboxylic acid groups (broad SMARTS) is 1. The SMILES string of the molecule is CC(NC(=O)NCC(=O)NCC(=O)O)c1ccccc1. The van der Waals surface area contributed by atoms with Crippen molar-refractivity contribution in [1.29, 1.82) is 0 Å². The summed E-state index contributed by atoms with van der Waals surface area (Å²) in [5, 5.41) is 15.5. The fraction of sp³-hybridized carbons (Fsp3) is 0.308. The maximum atomic E-state index is 11.6. The maximum absolute atomic E-state index is 11.6. The second-order valence-electron chi connectivity index (χ2n) is 4.13. The van der Waals surface area contributed by atoms with Crippen LogP contribution in [-0.2, 0) is 9.59 Å². The van der Waals surface area contributed by atoms with Gasteiger partial charge in [-0.2, -0.15) is 0 Å². The van der Waals surface area contributed by atoms with E-state index in [9.17, 15) is 14.4 Å². The summed E-state index contributed by atoms with van der Waals surface area (Å²) in [6.07, 6.45) is 0. The molecule has 1 atom stereocenters. The minimum Gasteiger partial charge on any atom is -0.480 e. The van der Waals surface area contributed by atoms with E-state index in [1.807, 2.05) is 37.3 Å². The first-order chi connectivity index (χ1) is 9.49. The molecule has 20 heavy (non-hydrogen) atoms. The summed E-state index contributed by atoms with van der Waals surface area (Å²) in [4.78, 5) is 33.0. The average molecular weight is 279 g/mol. The molecule has 0 heterocycles. The topological polar surface area (TPSA) is 108 Å². The van der Waals surface area contributed by atoms with Gasteiger partial charge in [-0.15, -0.1) is 0 Å². The number of hydrogen-bond acceptors (Lipinski definition) is 3. The highest BCUT2D eigenvalue weighted by Crippen LogP contribution is 2.10. The maximum Gasteiger partial charge on any atom is 0.322 e. The van der Waals surface area contributed by atoms with Crippen molar-refractivity contribution < 1.29 is 19.5 Å². The first-order valence-corrected chi connectivity index (χ1v) is 6.07. The molecule has 0 aliphatic carbocycles. The normalized spacial score (nSPS) is 11.2. The number of carbonyl (C=O) groups is 3. The van der Waals surface area contributed by atoms with Crippen LogP contribution in [0.4, 0.5) is 4.79 Å². The number of urea groups is 1. The number of amides is 3. The van der Waals surface area contributed by atoms with Crippen molar-refractivity contribution in [3.05, 3.63) is 35.9 Å². The lowest BCUT2D eigenvalue weighted by Crippen LogP contribution is -2.43. The van der Waals surface area contributed by atoms with Crippen LogP contribution in [0.25, 0.3) is 0 Å². The van der Waals surface area contributed by atoms with Crippen LogP contribution in [0.3, 0.4) is 0 Å². The van der Waals surface area contributed by atoms with E-state index >= 15 is 0 Å². The van der Waals surface area contributed by atoms with E-state index in [0.29, 0.717) is 0 Å². The molecule has 0 aliphatic heterocycles. The molecule has 7 heteroatoms. The van der Waals surface area contributed by atoms with Crippen LogP contribution in [0.15, 0.2) is 30.3 Å². The van der Waals surface area contributed by atoms with Crippen LogP contribution in [0, 0.1) is 0 Å². The second kappa shape index (κ2) is 7.78. The van der Waals surface area contributed by atoms with Crippen molar-refractivity contribution >= 4 is 17.9 Å². The van der Waals surface area contributed by atoms with E-state index in [1.54, 1.807) is 0 Å². The number of carbonyl (C=O) groups excluding carboxylic acids is 2. The lowest BCUT2D eigenvalue weighted by Gasteiger charge is -2.14. The largest absolute Gasteiger partial charge is 0.480 e. The van der Waals surface area contributed by atoms with E-state index in [2.05, 4.69) is 16.0 Å². The standard InChI is InChI=1S/C13H17N3O4/c1-9(10-5-3-2-4-6-10)16-13(20)15-7-11(17)14-8-12(18)19/h2-6,9H,7-8H2,1H3,(H,14,17)(H,18,19)(H2,15,16,20). The van der Waals surface area contributed by atoms with Crippen LogP contribution >= 0.6 is 0 Å². The van der Waals surface area contributed by atoms with Crippen molar-refractivity contribution in [2.24, 2.45) is 0 Å². The van der Waals surface area contributed by atoms with Gasteiger partial charge in [-0.25, -0.2) is 4.79 Å². The molecule has 4 N–H and O–H groups in total. The lowest BCUT2D eigenvalue weighted by atomic mass is 10.1. The van der Waals surface area contributed by atoms with Gasteiger partial charge in [-0.3, -0.25) is 9.59 Å². The Morgan fingerprint density at radius 3 is 2.35 bits per heavy atom. The van der Waals surface area contributed by atoms with E-state index in [0.717, 1.165) is 5.56 Å². The Hall–Kier alpha value is -2.57. The zero-order valence-electron chi connectivity index (χ0n) is 11.1. The molecule has 1 aromatic carbocycles. The third-order valence-corrected chi connectivity index (χ3v) is 2.49. The van der Waals surface area contributed by atoms with Crippen molar-refractivity contribution in [1.82, 2.24) is 16.0 Å². The van der Waals surface area contributed by atoms with E-state index in [-0.39, 0.29) is 12.6 Å². The van der Waals surface area contributed by atoms with Gasteiger partial charge in [0.05, 0.1) is 12.6 Å². The minimum absolute atomic E-state index is 0.196. The molecule has 108 valence electrons. The molecule has 1 unspecified atom stereocenters. The van der Waals surface area contributed by atoms with E-state index < -0.39 is 24.5 Å². The average Bonchev–Trinajstić information content (AvgIpc) is 2.43. The van der Waals surface area contributed by atoms with Gasteiger partial charge in [-0.05, 0) is 12.5 Å². The van der Waals surface area contributed by atoms with Crippen LogP contribution < -0.4 is 16.0 Å². The highest BCUT2D eigenvalue weighted by atomic mass is 16.4. The third-order valence-electron chi connectivity index (χ3n) is 2.49. The molecule has 1 rings (SSSR count). The second-order valence-corrected chi connectivity index (χ2v) is 4.13. The zero-order valence-corrected chi connectivity index (χ0v) is 11.1. The molecule has 0 radical (unpaired) electrons. The van der Waals surface area contributed by atoms with Gasteiger partial charge in [0.15, 0.2) is 0 Å². The van der Waals surface area contributed by atoms with E-state index in [1.165, 1.54) is 0 Å². The summed E-state index contributed by atoms with van der Waals surface area (Å²) in [5.41, 5.74) is 0.943. The molecule has 0 aliphatic rings. The Morgan fingerprint density at radius 2 is 1.75 bits per heavy atom.